The van der Waals surface area contributed by atoms with E-state index in [2.05, 4.69) is 32.9 Å². The van der Waals surface area contributed by atoms with Crippen molar-refractivity contribution in [3.8, 4) is 0 Å². The van der Waals surface area contributed by atoms with Gasteiger partial charge in [0.1, 0.15) is 0 Å². The number of aliphatic hydroxyl groups excluding tert-OH is 1. The van der Waals surface area contributed by atoms with E-state index in [0.29, 0.717) is 5.92 Å². The molecule has 1 nitrogen and oxygen atoms in total. The molecule has 1 aromatic carbocycles. The third-order valence-electron chi connectivity index (χ3n) is 3.63. The summed E-state index contributed by atoms with van der Waals surface area (Å²) >= 11 is 0. The summed E-state index contributed by atoms with van der Waals surface area (Å²) in [5.41, 5.74) is 6.41. The van der Waals surface area contributed by atoms with Gasteiger partial charge in [0.25, 0.3) is 0 Å². The van der Waals surface area contributed by atoms with Gasteiger partial charge in [-0.05, 0) is 37.5 Å². The number of halogens is 2. The van der Waals surface area contributed by atoms with Crippen molar-refractivity contribution in [1.29, 1.82) is 0 Å². The third kappa shape index (κ3) is 4.21. The predicted octanol–water partition coefficient (Wildman–Crippen LogP) is -2.44. The first kappa shape index (κ1) is 21.3. The Morgan fingerprint density at radius 2 is 1.63 bits per heavy atom. The van der Waals surface area contributed by atoms with Crippen molar-refractivity contribution in [2.24, 2.45) is 0 Å². The Morgan fingerprint density at radius 3 is 2.11 bits per heavy atom. The average molecular weight is 333 g/mol. The van der Waals surface area contributed by atoms with E-state index in [1.807, 2.05) is 18.2 Å². The Hall–Kier alpha value is -0.0457. The van der Waals surface area contributed by atoms with Crippen molar-refractivity contribution in [1.82, 2.24) is 0 Å². The summed E-state index contributed by atoms with van der Waals surface area (Å²) in [5.74, 6) is 0.350. The van der Waals surface area contributed by atoms with E-state index >= 15 is 0 Å². The zero-order chi connectivity index (χ0) is 11.7. The van der Waals surface area contributed by atoms with Crippen molar-refractivity contribution in [2.45, 2.75) is 33.3 Å². The van der Waals surface area contributed by atoms with Crippen LogP contribution in [0.4, 0.5) is 0 Å². The van der Waals surface area contributed by atoms with Gasteiger partial charge in [0.05, 0.1) is 6.61 Å². The Balaban J connectivity index is 0. The Kier molecular flexibility index (Phi) is 10.1. The van der Waals surface area contributed by atoms with E-state index in [0.717, 1.165) is 5.56 Å². The Bertz CT molecular complexity index is 481. The molecule has 1 N–H and O–H groups in total. The molecule has 1 atom stereocenters. The van der Waals surface area contributed by atoms with Gasteiger partial charge in [-0.15, -0.1) is 0 Å². The summed E-state index contributed by atoms with van der Waals surface area (Å²) in [6, 6.07) is 8.13. The molecule has 0 fully saturated rings. The van der Waals surface area contributed by atoms with Crippen LogP contribution in [0.3, 0.4) is 0 Å². The molecule has 1 aromatic rings. The van der Waals surface area contributed by atoms with Crippen molar-refractivity contribution in [3.63, 3.8) is 0 Å². The monoisotopic (exact) mass is 332 g/mol. The molecular weight excluding hydrogens is 315 g/mol. The first-order valence-electron chi connectivity index (χ1n) is 5.70. The SMILES string of the molecule is CC1=CC(c2ccccc2CO)C(C)=C1C.[Cl-].[Cl-].[Ti+2]. The fourth-order valence-corrected chi connectivity index (χ4v) is 2.35. The molecule has 0 radical (unpaired) electrons. The number of allylic oxidation sites excluding steroid dienone is 4. The van der Waals surface area contributed by atoms with Gasteiger partial charge in [0.2, 0.25) is 0 Å². The van der Waals surface area contributed by atoms with E-state index < -0.39 is 0 Å². The minimum absolute atomic E-state index is 0. The molecular formula is C15H18Cl2OTi. The maximum atomic E-state index is 9.36. The summed E-state index contributed by atoms with van der Waals surface area (Å²) < 4.78 is 0. The van der Waals surface area contributed by atoms with Gasteiger partial charge in [-0.25, -0.2) is 0 Å². The summed E-state index contributed by atoms with van der Waals surface area (Å²) in [5, 5.41) is 9.36. The van der Waals surface area contributed by atoms with Gasteiger partial charge in [0, 0.05) is 5.92 Å². The van der Waals surface area contributed by atoms with Crippen LogP contribution in [0.2, 0.25) is 0 Å². The topological polar surface area (TPSA) is 20.2 Å². The van der Waals surface area contributed by atoms with Crippen LogP contribution in [-0.2, 0) is 28.3 Å². The molecule has 1 unspecified atom stereocenters. The number of rotatable bonds is 2. The van der Waals surface area contributed by atoms with E-state index in [-0.39, 0.29) is 53.1 Å². The molecule has 0 saturated carbocycles. The molecule has 1 aliphatic rings. The van der Waals surface area contributed by atoms with E-state index in [1.54, 1.807) is 0 Å². The van der Waals surface area contributed by atoms with Crippen LogP contribution in [-0.4, -0.2) is 5.11 Å². The second kappa shape index (κ2) is 8.99. The van der Waals surface area contributed by atoms with Crippen molar-refractivity contribution in [2.75, 3.05) is 0 Å². The Morgan fingerprint density at radius 1 is 1.05 bits per heavy atom. The maximum absolute atomic E-state index is 9.36. The zero-order valence-electron chi connectivity index (χ0n) is 11.4. The first-order chi connectivity index (χ1) is 7.65. The second-order valence-corrected chi connectivity index (χ2v) is 4.49. The van der Waals surface area contributed by atoms with Gasteiger partial charge < -0.3 is 29.9 Å². The molecule has 0 aromatic heterocycles. The number of hydrogen-bond acceptors (Lipinski definition) is 1. The van der Waals surface area contributed by atoms with Crippen LogP contribution in [0.25, 0.3) is 0 Å². The Labute approximate surface area is 142 Å². The van der Waals surface area contributed by atoms with E-state index in [1.165, 1.54) is 22.3 Å². The van der Waals surface area contributed by atoms with Gasteiger partial charge >= 0.3 is 21.7 Å². The predicted molar refractivity (Wildman–Crippen MR) is 67.2 cm³/mol. The summed E-state index contributed by atoms with van der Waals surface area (Å²) in [7, 11) is 0. The van der Waals surface area contributed by atoms with Crippen LogP contribution in [0.15, 0.2) is 47.1 Å². The fourth-order valence-electron chi connectivity index (χ4n) is 2.35. The molecule has 1 aliphatic carbocycles. The average Bonchev–Trinajstić information content (AvgIpc) is 2.57. The zero-order valence-corrected chi connectivity index (χ0v) is 14.4. The van der Waals surface area contributed by atoms with Crippen LogP contribution < -0.4 is 24.8 Å². The van der Waals surface area contributed by atoms with Crippen LogP contribution in [0.5, 0.6) is 0 Å². The molecule has 0 amide bonds. The van der Waals surface area contributed by atoms with E-state index in [9.17, 15) is 5.11 Å². The standard InChI is InChI=1S/C15H18O.2ClH.Ti/c1-10-8-15(12(3)11(10)2)14-7-5-4-6-13(14)9-16;;;/h4-8,15-16H,9H2,1-3H3;2*1H;/q;;;+2/p-2. The summed E-state index contributed by atoms with van der Waals surface area (Å²) in [6.45, 7) is 6.62. The van der Waals surface area contributed by atoms with Gasteiger partial charge in [-0.1, -0.05) is 41.5 Å². The molecule has 0 saturated heterocycles. The molecule has 19 heavy (non-hydrogen) atoms. The molecule has 102 valence electrons. The summed E-state index contributed by atoms with van der Waals surface area (Å²) in [6.07, 6.45) is 2.29. The smallest absolute Gasteiger partial charge is 1.00 e. The molecule has 4 heteroatoms. The van der Waals surface area contributed by atoms with Crippen LogP contribution >= 0.6 is 0 Å². The quantitative estimate of drug-likeness (QED) is 0.597. The number of benzene rings is 1. The minimum Gasteiger partial charge on any atom is -1.00 e. The van der Waals surface area contributed by atoms with Gasteiger partial charge in [-0.3, -0.25) is 0 Å². The van der Waals surface area contributed by atoms with Crippen molar-refractivity contribution in [3.05, 3.63) is 58.2 Å². The largest absolute Gasteiger partial charge is 2.00 e. The number of aliphatic hydroxyl groups is 1. The maximum Gasteiger partial charge on any atom is 2.00 e. The normalized spacial score (nSPS) is 17.1. The minimum atomic E-state index is 0. The van der Waals surface area contributed by atoms with Crippen molar-refractivity contribution < 1.29 is 51.6 Å². The summed E-state index contributed by atoms with van der Waals surface area (Å²) in [4.78, 5) is 0. The number of hydrogen-bond donors (Lipinski definition) is 1. The molecule has 2 rings (SSSR count). The molecule has 0 spiro atoms. The van der Waals surface area contributed by atoms with Gasteiger partial charge in [0.15, 0.2) is 0 Å². The van der Waals surface area contributed by atoms with E-state index in [4.69, 9.17) is 0 Å². The molecule has 0 aliphatic heterocycles. The second-order valence-electron chi connectivity index (χ2n) is 4.49. The fraction of sp³-hybridized carbons (Fsp3) is 0.333. The first-order valence-corrected chi connectivity index (χ1v) is 5.70. The van der Waals surface area contributed by atoms with Gasteiger partial charge in [-0.2, -0.15) is 0 Å². The van der Waals surface area contributed by atoms with Crippen LogP contribution in [0.1, 0.15) is 37.8 Å². The molecule has 0 bridgehead atoms. The van der Waals surface area contributed by atoms with Crippen LogP contribution in [0, 0.1) is 0 Å². The van der Waals surface area contributed by atoms with Crippen molar-refractivity contribution >= 4 is 0 Å². The third-order valence-corrected chi connectivity index (χ3v) is 3.63. The molecule has 0 heterocycles.